The van der Waals surface area contributed by atoms with Gasteiger partial charge in [0.2, 0.25) is 0 Å². The summed E-state index contributed by atoms with van der Waals surface area (Å²) in [7, 11) is 0. The number of hydrogen-bond donors (Lipinski definition) is 2. The molecule has 2 N–H and O–H groups in total. The third kappa shape index (κ3) is 6.91. The number of rotatable bonds is 7. The summed E-state index contributed by atoms with van der Waals surface area (Å²) in [6, 6.07) is 0.517. The Kier molecular flexibility index (Phi) is 6.46. The van der Waals surface area contributed by atoms with Crippen molar-refractivity contribution < 1.29 is 5.11 Å². The molecular weight excluding hydrogens is 186 g/mol. The molecule has 2 nitrogen and oxygen atoms in total. The van der Waals surface area contributed by atoms with Gasteiger partial charge in [-0.25, -0.2) is 0 Å². The van der Waals surface area contributed by atoms with Gasteiger partial charge in [0.1, 0.15) is 0 Å². The SMILES string of the molecule is CCC(NCC(C)(O)CC(C)C)C(C)C. The molecule has 15 heavy (non-hydrogen) atoms. The highest BCUT2D eigenvalue weighted by Gasteiger charge is 2.23. The average Bonchev–Trinajstić information content (AvgIpc) is 2.01. The van der Waals surface area contributed by atoms with Gasteiger partial charge in [-0.15, -0.1) is 0 Å². The molecule has 0 aliphatic heterocycles. The lowest BCUT2D eigenvalue weighted by atomic mass is 9.93. The van der Waals surface area contributed by atoms with Gasteiger partial charge in [0, 0.05) is 12.6 Å². The van der Waals surface area contributed by atoms with E-state index in [0.717, 1.165) is 12.8 Å². The van der Waals surface area contributed by atoms with Crippen molar-refractivity contribution in [2.45, 2.75) is 66.0 Å². The predicted octanol–water partition coefficient (Wildman–Crippen LogP) is 2.81. The van der Waals surface area contributed by atoms with E-state index in [2.05, 4.69) is 39.9 Å². The zero-order valence-electron chi connectivity index (χ0n) is 11.3. The summed E-state index contributed by atoms with van der Waals surface area (Å²) in [6.45, 7) is 13.5. The Hall–Kier alpha value is -0.0800. The molecule has 0 aliphatic carbocycles. The minimum absolute atomic E-state index is 0.517. The van der Waals surface area contributed by atoms with E-state index >= 15 is 0 Å². The van der Waals surface area contributed by atoms with E-state index in [-0.39, 0.29) is 0 Å². The fourth-order valence-corrected chi connectivity index (χ4v) is 2.15. The van der Waals surface area contributed by atoms with Gasteiger partial charge >= 0.3 is 0 Å². The lowest BCUT2D eigenvalue weighted by Crippen LogP contribution is -2.44. The topological polar surface area (TPSA) is 32.3 Å². The first-order valence-corrected chi connectivity index (χ1v) is 6.24. The largest absolute Gasteiger partial charge is 0.389 e. The molecule has 0 aliphatic rings. The van der Waals surface area contributed by atoms with Crippen molar-refractivity contribution >= 4 is 0 Å². The zero-order valence-corrected chi connectivity index (χ0v) is 11.3. The van der Waals surface area contributed by atoms with Gasteiger partial charge in [-0.3, -0.25) is 0 Å². The molecule has 0 aromatic rings. The first-order valence-electron chi connectivity index (χ1n) is 6.24. The molecular formula is C13H29NO. The quantitative estimate of drug-likeness (QED) is 0.684. The fraction of sp³-hybridized carbons (Fsp3) is 1.00. The summed E-state index contributed by atoms with van der Waals surface area (Å²) < 4.78 is 0. The highest BCUT2D eigenvalue weighted by atomic mass is 16.3. The minimum Gasteiger partial charge on any atom is -0.389 e. The Morgan fingerprint density at radius 2 is 1.73 bits per heavy atom. The van der Waals surface area contributed by atoms with E-state index in [0.29, 0.717) is 24.4 Å². The summed E-state index contributed by atoms with van der Waals surface area (Å²) in [5.41, 5.74) is -0.573. The fourth-order valence-electron chi connectivity index (χ4n) is 2.15. The van der Waals surface area contributed by atoms with Crippen LogP contribution in [0.5, 0.6) is 0 Å². The van der Waals surface area contributed by atoms with Gasteiger partial charge < -0.3 is 10.4 Å². The third-order valence-corrected chi connectivity index (χ3v) is 2.84. The first-order chi connectivity index (χ1) is 6.78. The van der Waals surface area contributed by atoms with Crippen LogP contribution in [0.4, 0.5) is 0 Å². The number of nitrogens with one attached hydrogen (secondary N) is 1. The van der Waals surface area contributed by atoms with Crippen molar-refractivity contribution in [2.24, 2.45) is 11.8 Å². The van der Waals surface area contributed by atoms with Crippen LogP contribution in [0.15, 0.2) is 0 Å². The maximum atomic E-state index is 10.1. The number of hydrogen-bond acceptors (Lipinski definition) is 2. The lowest BCUT2D eigenvalue weighted by Gasteiger charge is -2.29. The van der Waals surface area contributed by atoms with Gasteiger partial charge in [-0.2, -0.15) is 0 Å². The van der Waals surface area contributed by atoms with E-state index in [1.807, 2.05) is 6.92 Å². The van der Waals surface area contributed by atoms with Crippen LogP contribution in [0.3, 0.4) is 0 Å². The molecule has 0 saturated heterocycles. The minimum atomic E-state index is -0.573. The summed E-state index contributed by atoms with van der Waals surface area (Å²) in [4.78, 5) is 0. The van der Waals surface area contributed by atoms with E-state index in [1.165, 1.54) is 0 Å². The van der Waals surface area contributed by atoms with Crippen molar-refractivity contribution in [1.29, 1.82) is 0 Å². The molecule has 0 amide bonds. The molecule has 0 saturated carbocycles. The van der Waals surface area contributed by atoms with Gasteiger partial charge in [0.05, 0.1) is 5.60 Å². The van der Waals surface area contributed by atoms with Crippen LogP contribution in [-0.4, -0.2) is 23.3 Å². The van der Waals surface area contributed by atoms with Gasteiger partial charge in [-0.1, -0.05) is 34.6 Å². The molecule has 0 aromatic heterocycles. The van der Waals surface area contributed by atoms with E-state index in [4.69, 9.17) is 0 Å². The third-order valence-electron chi connectivity index (χ3n) is 2.84. The molecule has 92 valence electrons. The smallest absolute Gasteiger partial charge is 0.0746 e. The number of aliphatic hydroxyl groups is 1. The van der Waals surface area contributed by atoms with Crippen LogP contribution in [0.2, 0.25) is 0 Å². The summed E-state index contributed by atoms with van der Waals surface area (Å²) >= 11 is 0. The molecule has 0 radical (unpaired) electrons. The Bertz CT molecular complexity index is 164. The van der Waals surface area contributed by atoms with Crippen LogP contribution in [0.25, 0.3) is 0 Å². The van der Waals surface area contributed by atoms with Crippen LogP contribution in [0.1, 0.15) is 54.4 Å². The Labute approximate surface area is 95.5 Å². The monoisotopic (exact) mass is 215 g/mol. The highest BCUT2D eigenvalue weighted by molar-refractivity contribution is 4.80. The predicted molar refractivity (Wildman–Crippen MR) is 67.0 cm³/mol. The Balaban J connectivity index is 4.00. The standard InChI is InChI=1S/C13H29NO/c1-7-12(11(4)5)14-9-13(6,15)8-10(2)3/h10-12,14-15H,7-9H2,1-6H3. The van der Waals surface area contributed by atoms with Crippen LogP contribution >= 0.6 is 0 Å². The van der Waals surface area contributed by atoms with Crippen molar-refractivity contribution in [1.82, 2.24) is 5.32 Å². The molecule has 0 bridgehead atoms. The molecule has 0 heterocycles. The van der Waals surface area contributed by atoms with Crippen molar-refractivity contribution in [3.63, 3.8) is 0 Å². The Morgan fingerprint density at radius 1 is 1.20 bits per heavy atom. The summed E-state index contributed by atoms with van der Waals surface area (Å²) in [5.74, 6) is 1.17. The summed E-state index contributed by atoms with van der Waals surface area (Å²) in [6.07, 6.45) is 1.98. The van der Waals surface area contributed by atoms with Crippen molar-refractivity contribution in [3.05, 3.63) is 0 Å². The highest BCUT2D eigenvalue weighted by Crippen LogP contribution is 2.16. The van der Waals surface area contributed by atoms with Crippen LogP contribution in [-0.2, 0) is 0 Å². The molecule has 0 rings (SSSR count). The lowest BCUT2D eigenvalue weighted by molar-refractivity contribution is 0.0342. The van der Waals surface area contributed by atoms with Gasteiger partial charge in [-0.05, 0) is 31.6 Å². The molecule has 0 aromatic carbocycles. The zero-order chi connectivity index (χ0) is 12.1. The Morgan fingerprint density at radius 3 is 2.07 bits per heavy atom. The van der Waals surface area contributed by atoms with Crippen LogP contribution in [0, 0.1) is 11.8 Å². The van der Waals surface area contributed by atoms with E-state index < -0.39 is 5.60 Å². The average molecular weight is 215 g/mol. The second-order valence-corrected chi connectivity index (χ2v) is 5.73. The van der Waals surface area contributed by atoms with E-state index in [1.54, 1.807) is 0 Å². The first kappa shape index (κ1) is 14.9. The molecule has 2 unspecified atom stereocenters. The van der Waals surface area contributed by atoms with Crippen LogP contribution < -0.4 is 5.32 Å². The molecule has 2 atom stereocenters. The molecule has 0 spiro atoms. The van der Waals surface area contributed by atoms with Gasteiger partial charge in [0.15, 0.2) is 0 Å². The second-order valence-electron chi connectivity index (χ2n) is 5.73. The summed E-state index contributed by atoms with van der Waals surface area (Å²) in [5, 5.41) is 13.6. The van der Waals surface area contributed by atoms with Gasteiger partial charge in [0.25, 0.3) is 0 Å². The molecule has 0 fully saturated rings. The maximum absolute atomic E-state index is 10.1. The second kappa shape index (κ2) is 6.49. The van der Waals surface area contributed by atoms with Crippen molar-refractivity contribution in [3.8, 4) is 0 Å². The van der Waals surface area contributed by atoms with E-state index in [9.17, 15) is 5.11 Å². The maximum Gasteiger partial charge on any atom is 0.0746 e. The normalized spacial score (nSPS) is 18.2. The molecule has 2 heteroatoms. The van der Waals surface area contributed by atoms with Crippen molar-refractivity contribution in [2.75, 3.05) is 6.54 Å².